The zero-order valence-corrected chi connectivity index (χ0v) is 20.0. The first-order chi connectivity index (χ1) is 15.9. The number of carboxylic acids is 1. The van der Waals surface area contributed by atoms with Gasteiger partial charge in [-0.2, -0.15) is 0 Å². The molecule has 0 saturated carbocycles. The molecular formula is C28H27ClFNO3. The van der Waals surface area contributed by atoms with E-state index in [-0.39, 0.29) is 30.1 Å². The van der Waals surface area contributed by atoms with Crippen LogP contribution in [0.2, 0.25) is 0 Å². The van der Waals surface area contributed by atoms with Gasteiger partial charge in [0.05, 0.1) is 12.7 Å². The van der Waals surface area contributed by atoms with Crippen LogP contribution in [-0.4, -0.2) is 18.2 Å². The van der Waals surface area contributed by atoms with Crippen LogP contribution in [0.25, 0.3) is 21.9 Å². The van der Waals surface area contributed by atoms with Gasteiger partial charge in [-0.15, -0.1) is 12.4 Å². The number of carboxylic acid groups (broad SMARTS) is 1. The molecule has 4 rings (SSSR count). The Kier molecular flexibility index (Phi) is 7.92. The lowest BCUT2D eigenvalue weighted by Gasteiger charge is -2.22. The Hall–Kier alpha value is -3.41. The van der Waals surface area contributed by atoms with E-state index in [1.165, 1.54) is 12.1 Å². The van der Waals surface area contributed by atoms with Gasteiger partial charge in [-0.1, -0.05) is 42.5 Å². The number of aromatic carboxylic acids is 1. The summed E-state index contributed by atoms with van der Waals surface area (Å²) in [6.07, 6.45) is 0. The maximum atomic E-state index is 14.0. The van der Waals surface area contributed by atoms with Crippen molar-refractivity contribution in [2.45, 2.75) is 25.9 Å². The predicted octanol–water partition coefficient (Wildman–Crippen LogP) is 7.19. The quantitative estimate of drug-likeness (QED) is 0.294. The number of fused-ring (bicyclic) bond motifs is 1. The monoisotopic (exact) mass is 479 g/mol. The van der Waals surface area contributed by atoms with E-state index in [0.717, 1.165) is 33.2 Å². The Balaban J connectivity index is 0.00000324. The van der Waals surface area contributed by atoms with Gasteiger partial charge in [0.15, 0.2) is 0 Å². The highest BCUT2D eigenvalue weighted by molar-refractivity contribution is 5.99. The summed E-state index contributed by atoms with van der Waals surface area (Å²) in [6, 6.07) is 24.4. The SMILES string of the molecule is COc1cccc([C@@H](C)NC(C)c2cc(-c3ccc(F)c(C(=O)O)c3)c3ccccc3c2)c1.Cl. The van der Waals surface area contributed by atoms with Crippen molar-refractivity contribution in [3.8, 4) is 16.9 Å². The van der Waals surface area contributed by atoms with Gasteiger partial charge in [0, 0.05) is 12.1 Å². The van der Waals surface area contributed by atoms with Crippen molar-refractivity contribution in [1.29, 1.82) is 0 Å². The van der Waals surface area contributed by atoms with E-state index in [4.69, 9.17) is 4.74 Å². The molecule has 0 aliphatic carbocycles. The van der Waals surface area contributed by atoms with Crippen molar-refractivity contribution in [2.75, 3.05) is 7.11 Å². The number of hydrogen-bond donors (Lipinski definition) is 2. The Morgan fingerprint density at radius 1 is 0.912 bits per heavy atom. The van der Waals surface area contributed by atoms with Crippen LogP contribution < -0.4 is 10.1 Å². The summed E-state index contributed by atoms with van der Waals surface area (Å²) in [4.78, 5) is 11.5. The maximum Gasteiger partial charge on any atom is 0.338 e. The molecule has 2 N–H and O–H groups in total. The minimum absolute atomic E-state index is 0. The van der Waals surface area contributed by atoms with Gasteiger partial charge in [-0.05, 0) is 83.3 Å². The van der Waals surface area contributed by atoms with Crippen molar-refractivity contribution < 1.29 is 19.0 Å². The number of methoxy groups -OCH3 is 1. The summed E-state index contributed by atoms with van der Waals surface area (Å²) in [6.45, 7) is 4.20. The Labute approximate surface area is 204 Å². The summed E-state index contributed by atoms with van der Waals surface area (Å²) >= 11 is 0. The average molecular weight is 480 g/mol. The number of hydrogen-bond acceptors (Lipinski definition) is 3. The molecule has 0 aliphatic heterocycles. The van der Waals surface area contributed by atoms with Crippen molar-refractivity contribution in [3.63, 3.8) is 0 Å². The molecule has 4 aromatic carbocycles. The zero-order valence-electron chi connectivity index (χ0n) is 19.2. The summed E-state index contributed by atoms with van der Waals surface area (Å²) in [5.74, 6) is -1.21. The fourth-order valence-electron chi connectivity index (χ4n) is 4.16. The minimum atomic E-state index is -1.28. The molecule has 0 aliphatic rings. The highest BCUT2D eigenvalue weighted by atomic mass is 35.5. The molecule has 4 nitrogen and oxygen atoms in total. The fraction of sp³-hybridized carbons (Fsp3) is 0.179. The standard InChI is InChI=1S/C28H26FNO3.ClH/c1-17(19-8-6-9-23(14-19)33-3)30-18(2)22-13-20-7-4-5-10-24(20)25(16-22)21-11-12-27(29)26(15-21)28(31)32;/h4-18,30H,1-3H3,(H,31,32);1H/t17-,18?;/m1./s1. The molecule has 6 heteroatoms. The summed E-state index contributed by atoms with van der Waals surface area (Å²) in [5, 5.41) is 15.0. The van der Waals surface area contributed by atoms with Gasteiger partial charge in [0.2, 0.25) is 0 Å². The first kappa shape index (κ1) is 25.2. The van der Waals surface area contributed by atoms with Crippen LogP contribution in [0, 0.1) is 5.82 Å². The number of carbonyl (C=O) groups is 1. The Morgan fingerprint density at radius 2 is 1.65 bits per heavy atom. The molecule has 2 atom stereocenters. The molecule has 0 spiro atoms. The minimum Gasteiger partial charge on any atom is -0.497 e. The molecule has 0 heterocycles. The van der Waals surface area contributed by atoms with E-state index in [1.807, 2.05) is 42.5 Å². The predicted molar refractivity (Wildman–Crippen MR) is 137 cm³/mol. The molecule has 0 bridgehead atoms. The van der Waals surface area contributed by atoms with Gasteiger partial charge < -0.3 is 15.2 Å². The van der Waals surface area contributed by atoms with Gasteiger partial charge in [0.25, 0.3) is 0 Å². The molecule has 0 saturated heterocycles. The van der Waals surface area contributed by atoms with E-state index in [9.17, 15) is 14.3 Å². The molecule has 1 unspecified atom stereocenters. The van der Waals surface area contributed by atoms with Crippen molar-refractivity contribution >= 4 is 29.1 Å². The van der Waals surface area contributed by atoms with Crippen molar-refractivity contribution in [3.05, 3.63) is 101 Å². The van der Waals surface area contributed by atoms with Crippen LogP contribution in [-0.2, 0) is 0 Å². The van der Waals surface area contributed by atoms with Crippen LogP contribution in [0.1, 0.15) is 47.4 Å². The first-order valence-electron chi connectivity index (χ1n) is 10.8. The van der Waals surface area contributed by atoms with Crippen LogP contribution in [0.15, 0.2) is 78.9 Å². The Bertz CT molecular complexity index is 1320. The summed E-state index contributed by atoms with van der Waals surface area (Å²) in [5.41, 5.74) is 3.37. The third-order valence-corrected chi connectivity index (χ3v) is 5.99. The largest absolute Gasteiger partial charge is 0.497 e. The topological polar surface area (TPSA) is 58.6 Å². The van der Waals surface area contributed by atoms with Crippen LogP contribution in [0.4, 0.5) is 4.39 Å². The number of halogens is 2. The third-order valence-electron chi connectivity index (χ3n) is 5.99. The number of benzene rings is 4. The molecule has 0 fully saturated rings. The molecule has 176 valence electrons. The second-order valence-corrected chi connectivity index (χ2v) is 8.18. The molecular weight excluding hydrogens is 453 g/mol. The van der Waals surface area contributed by atoms with Gasteiger partial charge in [-0.25, -0.2) is 9.18 Å². The van der Waals surface area contributed by atoms with Crippen LogP contribution in [0.3, 0.4) is 0 Å². The maximum absolute atomic E-state index is 14.0. The smallest absolute Gasteiger partial charge is 0.338 e. The highest BCUT2D eigenvalue weighted by Crippen LogP contribution is 2.34. The van der Waals surface area contributed by atoms with Crippen molar-refractivity contribution in [2.24, 2.45) is 0 Å². The van der Waals surface area contributed by atoms with Crippen LogP contribution >= 0.6 is 12.4 Å². The molecule has 4 aromatic rings. The second kappa shape index (κ2) is 10.7. The number of rotatable bonds is 7. The fourth-order valence-corrected chi connectivity index (χ4v) is 4.16. The lowest BCUT2D eigenvalue weighted by atomic mass is 9.92. The zero-order chi connectivity index (χ0) is 23.5. The van der Waals surface area contributed by atoms with Crippen molar-refractivity contribution in [1.82, 2.24) is 5.32 Å². The van der Waals surface area contributed by atoms with Gasteiger partial charge >= 0.3 is 5.97 Å². The first-order valence-corrected chi connectivity index (χ1v) is 10.8. The average Bonchev–Trinajstić information content (AvgIpc) is 2.83. The number of nitrogens with one attached hydrogen (secondary N) is 1. The lowest BCUT2D eigenvalue weighted by molar-refractivity contribution is 0.0692. The molecule has 34 heavy (non-hydrogen) atoms. The van der Waals surface area contributed by atoms with E-state index >= 15 is 0 Å². The summed E-state index contributed by atoms with van der Waals surface area (Å²) in [7, 11) is 1.65. The van der Waals surface area contributed by atoms with E-state index in [0.29, 0.717) is 5.56 Å². The molecule has 0 aromatic heterocycles. The summed E-state index contributed by atoms with van der Waals surface area (Å²) < 4.78 is 19.4. The molecule has 0 amide bonds. The Morgan fingerprint density at radius 3 is 2.38 bits per heavy atom. The van der Waals surface area contributed by atoms with Gasteiger partial charge in [0.1, 0.15) is 11.6 Å². The van der Waals surface area contributed by atoms with E-state index < -0.39 is 11.8 Å². The molecule has 0 radical (unpaired) electrons. The van der Waals surface area contributed by atoms with Crippen LogP contribution in [0.5, 0.6) is 5.75 Å². The second-order valence-electron chi connectivity index (χ2n) is 8.18. The lowest BCUT2D eigenvalue weighted by Crippen LogP contribution is -2.22. The number of ether oxygens (including phenoxy) is 1. The normalized spacial score (nSPS) is 12.6. The van der Waals surface area contributed by atoms with E-state index in [1.54, 1.807) is 13.2 Å². The highest BCUT2D eigenvalue weighted by Gasteiger charge is 2.17. The van der Waals surface area contributed by atoms with Gasteiger partial charge in [-0.3, -0.25) is 0 Å². The van der Waals surface area contributed by atoms with E-state index in [2.05, 4.69) is 37.4 Å². The third kappa shape index (κ3) is 5.22.